The molecule has 0 N–H and O–H groups in total. The summed E-state index contributed by atoms with van der Waals surface area (Å²) in [5, 5.41) is 0. The zero-order chi connectivity index (χ0) is 25.2. The molecule has 0 radical (unpaired) electrons. The van der Waals surface area contributed by atoms with E-state index < -0.39 is 41.1 Å². The van der Waals surface area contributed by atoms with Gasteiger partial charge in [0.1, 0.15) is 24.4 Å². The van der Waals surface area contributed by atoms with Crippen LogP contribution in [-0.4, -0.2) is 61.3 Å². The standard InChI is InChI=1S/C26H36O9/c1-14-10-22(34-17(4)29)25(12-31-15(2)27)19(6-7-20(33-16(3)28)26(25)13-32-26)24(14,5)21-11-18-8-9-30-23(18)35-21/h8-9,14,18-23H,6-7,10-13H2,1-5H3/t14-,18-,19-,20-,21+,22+,23+,24+,25+,26-/m0/s1. The summed E-state index contributed by atoms with van der Waals surface area (Å²) >= 11 is 0. The van der Waals surface area contributed by atoms with Gasteiger partial charge in [-0.2, -0.15) is 0 Å². The van der Waals surface area contributed by atoms with Crippen LogP contribution in [-0.2, 0) is 42.8 Å². The average molecular weight is 493 g/mol. The number of ether oxygens (including phenoxy) is 6. The Kier molecular flexibility index (Phi) is 5.95. The fraction of sp³-hybridized carbons (Fsp3) is 0.808. The molecule has 10 atom stereocenters. The largest absolute Gasteiger partial charge is 0.472 e. The van der Waals surface area contributed by atoms with Crippen molar-refractivity contribution < 1.29 is 42.8 Å². The highest BCUT2D eigenvalue weighted by molar-refractivity contribution is 5.67. The second-order valence-corrected chi connectivity index (χ2v) is 11.2. The Morgan fingerprint density at radius 2 is 1.69 bits per heavy atom. The molecule has 3 aliphatic heterocycles. The maximum absolute atomic E-state index is 12.3. The third-order valence-corrected chi connectivity index (χ3v) is 9.55. The van der Waals surface area contributed by atoms with Gasteiger partial charge in [0.25, 0.3) is 0 Å². The van der Waals surface area contributed by atoms with Crippen LogP contribution in [0, 0.1) is 28.6 Å². The van der Waals surface area contributed by atoms with Gasteiger partial charge < -0.3 is 28.4 Å². The van der Waals surface area contributed by atoms with Crippen LogP contribution in [0.2, 0.25) is 0 Å². The van der Waals surface area contributed by atoms with E-state index in [1.807, 2.05) is 0 Å². The smallest absolute Gasteiger partial charge is 0.303 e. The van der Waals surface area contributed by atoms with Crippen molar-refractivity contribution in [1.29, 1.82) is 0 Å². The topological polar surface area (TPSA) is 110 Å². The molecule has 1 spiro atoms. The summed E-state index contributed by atoms with van der Waals surface area (Å²) in [5.74, 6) is -0.960. The fourth-order valence-corrected chi connectivity index (χ4v) is 7.82. The molecule has 2 saturated carbocycles. The number of carbonyl (C=O) groups is 3. The highest BCUT2D eigenvalue weighted by atomic mass is 16.7. The minimum atomic E-state index is -0.899. The van der Waals surface area contributed by atoms with Gasteiger partial charge in [-0.05, 0) is 43.6 Å². The Labute approximate surface area is 205 Å². The van der Waals surface area contributed by atoms with Crippen LogP contribution in [0.3, 0.4) is 0 Å². The lowest BCUT2D eigenvalue weighted by Gasteiger charge is -2.64. The molecule has 0 aromatic carbocycles. The molecule has 4 fully saturated rings. The van der Waals surface area contributed by atoms with Gasteiger partial charge >= 0.3 is 17.9 Å². The van der Waals surface area contributed by atoms with E-state index in [-0.39, 0.29) is 42.2 Å². The molecule has 0 aromatic rings. The predicted octanol–water partition coefficient (Wildman–Crippen LogP) is 2.90. The molecule has 9 heteroatoms. The van der Waals surface area contributed by atoms with Crippen LogP contribution in [0.25, 0.3) is 0 Å². The highest BCUT2D eigenvalue weighted by Gasteiger charge is 2.80. The molecular formula is C26H36O9. The third kappa shape index (κ3) is 3.60. The van der Waals surface area contributed by atoms with E-state index in [4.69, 9.17) is 28.4 Å². The Morgan fingerprint density at radius 1 is 1.00 bits per heavy atom. The number of hydrogen-bond donors (Lipinski definition) is 0. The third-order valence-electron chi connectivity index (χ3n) is 9.55. The minimum absolute atomic E-state index is 0.0149. The quantitative estimate of drug-likeness (QED) is 0.325. The van der Waals surface area contributed by atoms with Gasteiger partial charge in [0.05, 0.1) is 24.4 Å². The molecule has 35 heavy (non-hydrogen) atoms. The SMILES string of the molecule is CC(=O)OC[C@]12[C@H](OC(C)=O)C[C@H](C)[C@@](C)([C@H]3C[C@@H]4C=CO[C@@H]4O3)[C@@H]1CC[C@H](OC(C)=O)[C@@]21CO1. The highest BCUT2D eigenvalue weighted by Crippen LogP contribution is 2.70. The maximum atomic E-state index is 12.3. The van der Waals surface area contributed by atoms with Gasteiger partial charge in [-0.25, -0.2) is 0 Å². The zero-order valence-corrected chi connectivity index (χ0v) is 21.1. The van der Waals surface area contributed by atoms with E-state index in [0.717, 1.165) is 6.42 Å². The van der Waals surface area contributed by atoms with Crippen LogP contribution >= 0.6 is 0 Å². The van der Waals surface area contributed by atoms with Gasteiger partial charge in [-0.3, -0.25) is 14.4 Å². The Balaban J connectivity index is 1.62. The van der Waals surface area contributed by atoms with E-state index in [1.165, 1.54) is 20.8 Å². The normalized spacial score (nSPS) is 47.4. The summed E-state index contributed by atoms with van der Waals surface area (Å²) in [6.07, 6.45) is 4.96. The summed E-state index contributed by atoms with van der Waals surface area (Å²) < 4.78 is 35.9. The minimum Gasteiger partial charge on any atom is -0.472 e. The van der Waals surface area contributed by atoms with Crippen molar-refractivity contribution in [2.24, 2.45) is 28.6 Å². The predicted molar refractivity (Wildman–Crippen MR) is 120 cm³/mol. The molecule has 3 heterocycles. The number of fused-ring (bicyclic) bond motifs is 3. The van der Waals surface area contributed by atoms with Gasteiger partial charge in [0, 0.05) is 32.1 Å². The Morgan fingerprint density at radius 3 is 2.29 bits per heavy atom. The number of hydrogen-bond acceptors (Lipinski definition) is 9. The Bertz CT molecular complexity index is 926. The molecule has 2 saturated heterocycles. The van der Waals surface area contributed by atoms with Crippen molar-refractivity contribution in [3.05, 3.63) is 12.3 Å². The van der Waals surface area contributed by atoms with Crippen LogP contribution in [0.5, 0.6) is 0 Å². The fourth-order valence-electron chi connectivity index (χ4n) is 7.82. The number of epoxide rings is 1. The first-order valence-electron chi connectivity index (χ1n) is 12.6. The molecule has 2 aliphatic carbocycles. The monoisotopic (exact) mass is 492 g/mol. The van der Waals surface area contributed by atoms with E-state index in [0.29, 0.717) is 25.9 Å². The first-order chi connectivity index (χ1) is 16.5. The molecule has 0 bridgehead atoms. The average Bonchev–Trinajstić information content (AvgIpc) is 3.26. The first kappa shape index (κ1) is 24.6. The number of carbonyl (C=O) groups excluding carboxylic acids is 3. The lowest BCUT2D eigenvalue weighted by molar-refractivity contribution is -0.269. The van der Waals surface area contributed by atoms with E-state index in [1.54, 1.807) is 6.26 Å². The molecule has 194 valence electrons. The van der Waals surface area contributed by atoms with Crippen LogP contribution < -0.4 is 0 Å². The lowest BCUT2D eigenvalue weighted by atomic mass is 9.42. The van der Waals surface area contributed by atoms with Crippen LogP contribution in [0.1, 0.15) is 60.3 Å². The van der Waals surface area contributed by atoms with Gasteiger partial charge in [0.15, 0.2) is 0 Å². The molecular weight excluding hydrogens is 456 g/mol. The van der Waals surface area contributed by atoms with Crippen LogP contribution in [0.4, 0.5) is 0 Å². The van der Waals surface area contributed by atoms with Crippen molar-refractivity contribution in [2.75, 3.05) is 13.2 Å². The summed E-state index contributed by atoms with van der Waals surface area (Å²) in [6, 6.07) is 0. The molecule has 9 nitrogen and oxygen atoms in total. The summed E-state index contributed by atoms with van der Waals surface area (Å²) in [6.45, 7) is 8.93. The summed E-state index contributed by atoms with van der Waals surface area (Å²) in [5.41, 5.74) is -2.14. The van der Waals surface area contributed by atoms with E-state index in [9.17, 15) is 14.4 Å². The van der Waals surface area contributed by atoms with Gasteiger partial charge in [-0.15, -0.1) is 0 Å². The van der Waals surface area contributed by atoms with Crippen molar-refractivity contribution in [2.45, 2.75) is 90.5 Å². The van der Waals surface area contributed by atoms with E-state index >= 15 is 0 Å². The second kappa shape index (κ2) is 8.47. The maximum Gasteiger partial charge on any atom is 0.303 e. The van der Waals surface area contributed by atoms with Gasteiger partial charge in [0.2, 0.25) is 6.29 Å². The Hall–Kier alpha value is -2.13. The first-order valence-corrected chi connectivity index (χ1v) is 12.6. The molecule has 0 unspecified atom stereocenters. The second-order valence-electron chi connectivity index (χ2n) is 11.2. The van der Waals surface area contributed by atoms with Crippen LogP contribution in [0.15, 0.2) is 12.3 Å². The summed E-state index contributed by atoms with van der Waals surface area (Å²) in [7, 11) is 0. The van der Waals surface area contributed by atoms with Crippen molar-refractivity contribution in [3.63, 3.8) is 0 Å². The molecule has 5 aliphatic rings. The van der Waals surface area contributed by atoms with Crippen molar-refractivity contribution in [1.82, 2.24) is 0 Å². The number of esters is 3. The lowest BCUT2D eigenvalue weighted by Crippen LogP contribution is -2.72. The molecule has 0 aromatic heterocycles. The molecule has 5 rings (SSSR count). The van der Waals surface area contributed by atoms with Crippen molar-refractivity contribution in [3.8, 4) is 0 Å². The molecule has 0 amide bonds. The van der Waals surface area contributed by atoms with E-state index in [2.05, 4.69) is 19.9 Å². The zero-order valence-electron chi connectivity index (χ0n) is 21.1. The summed E-state index contributed by atoms with van der Waals surface area (Å²) in [4.78, 5) is 36.4. The van der Waals surface area contributed by atoms with Gasteiger partial charge in [-0.1, -0.05) is 13.8 Å². The van der Waals surface area contributed by atoms with Crippen molar-refractivity contribution >= 4 is 17.9 Å². The number of rotatable bonds is 5.